The van der Waals surface area contributed by atoms with E-state index in [0.717, 1.165) is 0 Å². The van der Waals surface area contributed by atoms with Gasteiger partial charge in [0.05, 0.1) is 12.5 Å². The summed E-state index contributed by atoms with van der Waals surface area (Å²) in [4.78, 5) is 27.5. The van der Waals surface area contributed by atoms with Gasteiger partial charge in [-0.05, 0) is 0 Å². The van der Waals surface area contributed by atoms with Gasteiger partial charge in [0.15, 0.2) is 5.96 Å². The summed E-state index contributed by atoms with van der Waals surface area (Å²) < 4.78 is 10.4. The number of carbonyl (C=O) groups excluding carboxylic acids is 1. The van der Waals surface area contributed by atoms with Gasteiger partial charge in [0, 0.05) is 0 Å². The number of carbonyl (C=O) groups is 1. The minimum atomic E-state index is -4.42. The number of hydrogen-bond donors (Lipinski definition) is 4. The van der Waals surface area contributed by atoms with Crippen LogP contribution in [0.15, 0.2) is 0 Å². The molecule has 76 valence electrons. The molecule has 0 atom stereocenters. The number of aliphatic carboxylic acids is 1. The van der Waals surface area contributed by atoms with Crippen LogP contribution < -0.4 is 40.4 Å². The Morgan fingerprint density at radius 2 is 2.00 bits per heavy atom. The van der Waals surface area contributed by atoms with Gasteiger partial charge < -0.3 is 30.3 Å². The predicted octanol–water partition coefficient (Wildman–Crippen LogP) is -5.93. The first-order valence-corrected chi connectivity index (χ1v) is 4.85. The predicted molar refractivity (Wildman–Crippen MR) is 40.5 cm³/mol. The van der Waals surface area contributed by atoms with Gasteiger partial charge in [-0.2, -0.15) is 0 Å². The summed E-state index contributed by atoms with van der Waals surface area (Å²) >= 11 is 0. The van der Waals surface area contributed by atoms with E-state index in [4.69, 9.17) is 20.9 Å². The minimum absolute atomic E-state index is 0. The zero-order valence-electron chi connectivity index (χ0n) is 7.51. The van der Waals surface area contributed by atoms with Crippen molar-refractivity contribution < 1.29 is 53.8 Å². The van der Waals surface area contributed by atoms with E-state index in [0.29, 0.717) is 4.90 Å². The molecule has 10 heteroatoms. The third-order valence-corrected chi connectivity index (χ3v) is 1.73. The van der Waals surface area contributed by atoms with E-state index < -0.39 is 32.4 Å². The number of nitrogens with zero attached hydrogens (tertiary/aromatic N) is 1. The van der Waals surface area contributed by atoms with Crippen molar-refractivity contribution in [3.05, 3.63) is 0 Å². The van der Waals surface area contributed by atoms with Crippen molar-refractivity contribution in [2.45, 2.75) is 0 Å². The fraction of sp³-hybridized carbons (Fsp3) is 0.500. The summed E-state index contributed by atoms with van der Waals surface area (Å²) in [7, 11) is -4.42. The van der Waals surface area contributed by atoms with Crippen molar-refractivity contribution in [1.82, 2.24) is 4.90 Å². The van der Waals surface area contributed by atoms with Crippen LogP contribution in [-0.2, 0) is 9.36 Å². The van der Waals surface area contributed by atoms with E-state index in [-0.39, 0.29) is 29.6 Å². The fourth-order valence-corrected chi connectivity index (χ4v) is 1.29. The van der Waals surface area contributed by atoms with Gasteiger partial charge in [0.25, 0.3) is 0 Å². The van der Waals surface area contributed by atoms with Gasteiger partial charge in [-0.3, -0.25) is 9.97 Å². The summed E-state index contributed by atoms with van der Waals surface area (Å²) in [5, 5.41) is 16.8. The number of carboxylic acids is 1. The van der Waals surface area contributed by atoms with E-state index >= 15 is 0 Å². The SMILES string of the molecule is N=C(N)N(CC(=O)[O-])CP(=O)(O)O.[Na+]. The Bertz CT molecular complexity index is 266. The molecule has 0 amide bonds. The number of guanidine groups is 1. The first kappa shape index (κ1) is 16.3. The minimum Gasteiger partial charge on any atom is -0.548 e. The third-order valence-electron chi connectivity index (χ3n) is 1.02. The fourth-order valence-electron chi connectivity index (χ4n) is 0.590. The van der Waals surface area contributed by atoms with E-state index in [9.17, 15) is 14.5 Å². The van der Waals surface area contributed by atoms with Crippen molar-refractivity contribution in [1.29, 1.82) is 5.41 Å². The number of carboxylic acid groups (broad SMARTS) is 1. The second-order valence-corrected chi connectivity index (χ2v) is 3.87. The van der Waals surface area contributed by atoms with E-state index in [1.54, 1.807) is 0 Å². The van der Waals surface area contributed by atoms with Gasteiger partial charge in [0.1, 0.15) is 6.29 Å². The van der Waals surface area contributed by atoms with Gasteiger partial charge in [0.2, 0.25) is 0 Å². The smallest absolute Gasteiger partial charge is 0.548 e. The van der Waals surface area contributed by atoms with Gasteiger partial charge in [-0.15, -0.1) is 0 Å². The van der Waals surface area contributed by atoms with Crippen LogP contribution in [0.25, 0.3) is 0 Å². The van der Waals surface area contributed by atoms with Crippen LogP contribution in [0.5, 0.6) is 0 Å². The summed E-state index contributed by atoms with van der Waals surface area (Å²) in [6.07, 6.45) is -0.906. The molecule has 5 N–H and O–H groups in total. The van der Waals surface area contributed by atoms with Crippen LogP contribution in [0.3, 0.4) is 0 Å². The Labute approximate surface area is 102 Å². The molecule has 0 aliphatic carbocycles. The van der Waals surface area contributed by atoms with Gasteiger partial charge in [-0.1, -0.05) is 0 Å². The average molecular weight is 233 g/mol. The third kappa shape index (κ3) is 8.49. The van der Waals surface area contributed by atoms with Crippen molar-refractivity contribution in [3.8, 4) is 0 Å². The molecule has 0 aromatic carbocycles. The maximum atomic E-state index is 10.4. The number of rotatable bonds is 4. The molecule has 0 aromatic heterocycles. The molecule has 0 radical (unpaired) electrons. The van der Waals surface area contributed by atoms with Crippen molar-refractivity contribution in [2.75, 3.05) is 12.8 Å². The molecule has 0 spiro atoms. The van der Waals surface area contributed by atoms with Crippen LogP contribution in [0.4, 0.5) is 0 Å². The number of hydrogen-bond acceptors (Lipinski definition) is 4. The molecule has 0 aromatic rings. The maximum absolute atomic E-state index is 10.4. The molecule has 0 bridgehead atoms. The van der Waals surface area contributed by atoms with Crippen LogP contribution >= 0.6 is 7.60 Å². The zero-order chi connectivity index (χ0) is 10.6. The standard InChI is InChI=1S/C4H10N3O5P.Na/c5-4(6)7(1-3(8)9)2-13(10,11)12;/h1-2H2,(H3,5,6)(H,8,9)(H2,10,11,12);/q;+1/p-1. The monoisotopic (exact) mass is 233 g/mol. The molecule has 8 nitrogen and oxygen atoms in total. The van der Waals surface area contributed by atoms with E-state index in [1.807, 2.05) is 0 Å². The molecule has 0 unspecified atom stereocenters. The van der Waals surface area contributed by atoms with Crippen LogP contribution in [0, 0.1) is 5.41 Å². The molecular formula is C4H9N3NaO5P. The first-order chi connectivity index (χ1) is 5.72. The first-order valence-electron chi connectivity index (χ1n) is 3.06. The van der Waals surface area contributed by atoms with Crippen LogP contribution in [0.2, 0.25) is 0 Å². The second-order valence-electron chi connectivity index (χ2n) is 2.26. The molecule has 0 heterocycles. The van der Waals surface area contributed by atoms with Crippen molar-refractivity contribution >= 4 is 19.5 Å². The van der Waals surface area contributed by atoms with Crippen LogP contribution in [-0.4, -0.2) is 39.4 Å². The van der Waals surface area contributed by atoms with Crippen molar-refractivity contribution in [3.63, 3.8) is 0 Å². The zero-order valence-corrected chi connectivity index (χ0v) is 10.4. The molecule has 0 aliphatic heterocycles. The van der Waals surface area contributed by atoms with Crippen LogP contribution in [0.1, 0.15) is 0 Å². The normalized spacial score (nSPS) is 10.1. The number of nitrogens with one attached hydrogen (secondary N) is 1. The molecule has 0 saturated heterocycles. The topological polar surface area (TPSA) is 151 Å². The van der Waals surface area contributed by atoms with Crippen molar-refractivity contribution in [2.24, 2.45) is 5.73 Å². The summed E-state index contributed by atoms with van der Waals surface area (Å²) in [6, 6.07) is 0. The molecule has 14 heavy (non-hydrogen) atoms. The molecule has 0 aliphatic rings. The molecule has 0 saturated carbocycles. The van der Waals surface area contributed by atoms with E-state index in [1.165, 1.54) is 0 Å². The quantitative estimate of drug-likeness (QED) is 0.163. The largest absolute Gasteiger partial charge is 1.00 e. The molecule has 0 fully saturated rings. The Hall–Kier alpha value is -0.110. The second kappa shape index (κ2) is 6.39. The Morgan fingerprint density at radius 1 is 1.57 bits per heavy atom. The maximum Gasteiger partial charge on any atom is 1.00 e. The Kier molecular flexibility index (Phi) is 7.45. The van der Waals surface area contributed by atoms with Gasteiger partial charge in [-0.25, -0.2) is 0 Å². The summed E-state index contributed by atoms with van der Waals surface area (Å²) in [5.74, 6) is -2.30. The summed E-state index contributed by atoms with van der Waals surface area (Å²) in [5.41, 5.74) is 4.87. The Balaban J connectivity index is 0. The number of nitrogens with two attached hydrogens (primary N) is 1. The summed E-state index contributed by atoms with van der Waals surface area (Å²) in [6.45, 7) is -0.819. The molecule has 0 rings (SSSR count). The Morgan fingerprint density at radius 3 is 2.21 bits per heavy atom. The average Bonchev–Trinajstić information content (AvgIpc) is 1.81. The van der Waals surface area contributed by atoms with Gasteiger partial charge >= 0.3 is 37.2 Å². The molecular weight excluding hydrogens is 224 g/mol. The van der Waals surface area contributed by atoms with E-state index in [2.05, 4.69) is 0 Å².